The van der Waals surface area contributed by atoms with Gasteiger partial charge in [0.25, 0.3) is 0 Å². The Labute approximate surface area is 188 Å². The summed E-state index contributed by atoms with van der Waals surface area (Å²) in [5.41, 5.74) is 2.77. The maximum atomic E-state index is 9.39. The fraction of sp³-hybridized carbons (Fsp3) is 0.182. The summed E-state index contributed by atoms with van der Waals surface area (Å²) in [6, 6.07) is 16.2. The third kappa shape index (κ3) is 5.95. The molecule has 0 heterocycles. The number of halogens is 3. The highest BCUT2D eigenvalue weighted by atomic mass is 79.9. The molecule has 0 spiro atoms. The molecular formula is C22H20BrCl2NO3. The number of phenolic OH excluding ortho intramolecular Hbond substituents is 1. The lowest BCUT2D eigenvalue weighted by Crippen LogP contribution is -2.04. The maximum Gasteiger partial charge on any atom is 0.175 e. The Bertz CT molecular complexity index is 981. The summed E-state index contributed by atoms with van der Waals surface area (Å²) in [6.07, 6.45) is 0. The van der Waals surface area contributed by atoms with Gasteiger partial charge in [-0.2, -0.15) is 0 Å². The van der Waals surface area contributed by atoms with Crippen molar-refractivity contribution in [3.63, 3.8) is 0 Å². The molecule has 0 bridgehead atoms. The Balaban J connectivity index is 1.75. The van der Waals surface area contributed by atoms with E-state index in [1.807, 2.05) is 37.3 Å². The average Bonchev–Trinajstić information content (AvgIpc) is 2.68. The number of nitrogens with one attached hydrogen (secondary N) is 1. The lowest BCUT2D eigenvalue weighted by atomic mass is 10.2. The van der Waals surface area contributed by atoms with Gasteiger partial charge in [-0.25, -0.2) is 0 Å². The van der Waals surface area contributed by atoms with Crippen molar-refractivity contribution in [1.29, 1.82) is 0 Å². The van der Waals surface area contributed by atoms with E-state index in [4.69, 9.17) is 32.7 Å². The standard InChI is InChI=1S/C22H20BrCl2NO3/c1-2-28-21-10-14(12-26-17-5-7-18(27)8-6-17)9-19(23)22(21)29-13-15-3-4-16(24)11-20(15)25/h3-11,26-27H,2,12-13H2,1H3. The average molecular weight is 497 g/mol. The van der Waals surface area contributed by atoms with E-state index in [0.29, 0.717) is 41.3 Å². The molecule has 152 valence electrons. The number of anilines is 1. The molecule has 0 amide bonds. The molecule has 2 N–H and O–H groups in total. The van der Waals surface area contributed by atoms with E-state index >= 15 is 0 Å². The lowest BCUT2D eigenvalue weighted by molar-refractivity contribution is 0.267. The molecule has 0 aliphatic rings. The van der Waals surface area contributed by atoms with Gasteiger partial charge in [-0.3, -0.25) is 0 Å². The van der Waals surface area contributed by atoms with Crippen LogP contribution in [0.4, 0.5) is 5.69 Å². The quantitative estimate of drug-likeness (QED) is 0.328. The first-order valence-corrected chi connectivity index (χ1v) is 10.6. The van der Waals surface area contributed by atoms with Crippen molar-refractivity contribution in [1.82, 2.24) is 0 Å². The molecular weight excluding hydrogens is 477 g/mol. The first-order chi connectivity index (χ1) is 14.0. The van der Waals surface area contributed by atoms with Crippen molar-refractivity contribution >= 4 is 44.8 Å². The van der Waals surface area contributed by atoms with Gasteiger partial charge in [0.2, 0.25) is 0 Å². The number of aromatic hydroxyl groups is 1. The van der Waals surface area contributed by atoms with Crippen LogP contribution in [0.5, 0.6) is 17.2 Å². The van der Waals surface area contributed by atoms with Gasteiger partial charge in [0.1, 0.15) is 12.4 Å². The molecule has 0 unspecified atom stereocenters. The molecule has 3 aromatic carbocycles. The summed E-state index contributed by atoms with van der Waals surface area (Å²) in [7, 11) is 0. The molecule has 4 nitrogen and oxygen atoms in total. The highest BCUT2D eigenvalue weighted by molar-refractivity contribution is 9.10. The molecule has 3 rings (SSSR count). The second-order valence-corrected chi connectivity index (χ2v) is 7.96. The van der Waals surface area contributed by atoms with Gasteiger partial charge in [0.05, 0.1) is 11.1 Å². The topological polar surface area (TPSA) is 50.7 Å². The van der Waals surface area contributed by atoms with Crippen molar-refractivity contribution in [3.05, 3.63) is 80.2 Å². The van der Waals surface area contributed by atoms with Crippen molar-refractivity contribution in [2.24, 2.45) is 0 Å². The summed E-state index contributed by atoms with van der Waals surface area (Å²) in [6.45, 7) is 3.32. The predicted octanol–water partition coefficient (Wildman–Crippen LogP) is 7.05. The number of phenols is 1. The largest absolute Gasteiger partial charge is 0.508 e. The van der Waals surface area contributed by atoms with Gasteiger partial charge >= 0.3 is 0 Å². The van der Waals surface area contributed by atoms with Crippen molar-refractivity contribution in [2.45, 2.75) is 20.1 Å². The lowest BCUT2D eigenvalue weighted by Gasteiger charge is -2.16. The monoisotopic (exact) mass is 495 g/mol. The third-order valence-electron chi connectivity index (χ3n) is 4.12. The summed E-state index contributed by atoms with van der Waals surface area (Å²) < 4.78 is 12.6. The highest BCUT2D eigenvalue weighted by Gasteiger charge is 2.14. The zero-order valence-electron chi connectivity index (χ0n) is 15.7. The van der Waals surface area contributed by atoms with Crippen molar-refractivity contribution in [3.8, 4) is 17.2 Å². The van der Waals surface area contributed by atoms with Gasteiger partial charge in [-0.05, 0) is 76.9 Å². The van der Waals surface area contributed by atoms with Crippen LogP contribution < -0.4 is 14.8 Å². The molecule has 7 heteroatoms. The van der Waals surface area contributed by atoms with Gasteiger partial charge in [-0.1, -0.05) is 29.3 Å². The van der Waals surface area contributed by atoms with Gasteiger partial charge in [-0.15, -0.1) is 0 Å². The van der Waals surface area contributed by atoms with E-state index in [1.165, 1.54) is 0 Å². The molecule has 29 heavy (non-hydrogen) atoms. The van der Waals surface area contributed by atoms with E-state index in [2.05, 4.69) is 21.2 Å². The zero-order valence-corrected chi connectivity index (χ0v) is 18.8. The maximum absolute atomic E-state index is 9.39. The van der Waals surface area contributed by atoms with Crippen molar-refractivity contribution < 1.29 is 14.6 Å². The summed E-state index contributed by atoms with van der Waals surface area (Å²) >= 11 is 15.8. The molecule has 0 aliphatic carbocycles. The molecule has 0 atom stereocenters. The highest BCUT2D eigenvalue weighted by Crippen LogP contribution is 2.38. The Hall–Kier alpha value is -2.08. The Kier molecular flexibility index (Phi) is 7.53. The minimum absolute atomic E-state index is 0.235. The summed E-state index contributed by atoms with van der Waals surface area (Å²) in [5.74, 6) is 1.50. The number of rotatable bonds is 8. The summed E-state index contributed by atoms with van der Waals surface area (Å²) in [4.78, 5) is 0. The van der Waals surface area contributed by atoms with E-state index in [0.717, 1.165) is 21.3 Å². The van der Waals surface area contributed by atoms with Crippen LogP contribution in [0.2, 0.25) is 10.0 Å². The fourth-order valence-electron chi connectivity index (χ4n) is 2.70. The molecule has 0 saturated heterocycles. The molecule has 0 saturated carbocycles. The third-order valence-corrected chi connectivity index (χ3v) is 5.30. The predicted molar refractivity (Wildman–Crippen MR) is 122 cm³/mol. The Morgan fingerprint density at radius 3 is 2.45 bits per heavy atom. The molecule has 0 radical (unpaired) electrons. The Morgan fingerprint density at radius 2 is 1.76 bits per heavy atom. The minimum atomic E-state index is 0.235. The second-order valence-electron chi connectivity index (χ2n) is 6.26. The molecule has 0 aromatic heterocycles. The first kappa shape index (κ1) is 21.6. The molecule has 0 fully saturated rings. The number of ether oxygens (including phenoxy) is 2. The zero-order chi connectivity index (χ0) is 20.8. The number of hydrogen-bond donors (Lipinski definition) is 2. The van der Waals surface area contributed by atoms with Crippen LogP contribution in [-0.4, -0.2) is 11.7 Å². The van der Waals surface area contributed by atoms with Crippen LogP contribution in [0.15, 0.2) is 59.1 Å². The Morgan fingerprint density at radius 1 is 1.00 bits per heavy atom. The van der Waals surface area contributed by atoms with E-state index in [-0.39, 0.29) is 5.75 Å². The number of benzene rings is 3. The minimum Gasteiger partial charge on any atom is -0.508 e. The van der Waals surface area contributed by atoms with Gasteiger partial charge < -0.3 is 19.9 Å². The van der Waals surface area contributed by atoms with Crippen LogP contribution >= 0.6 is 39.1 Å². The second kappa shape index (κ2) is 10.1. The van der Waals surface area contributed by atoms with Gasteiger partial charge in [0, 0.05) is 27.8 Å². The van der Waals surface area contributed by atoms with Crippen LogP contribution in [0.1, 0.15) is 18.1 Å². The van der Waals surface area contributed by atoms with Crippen LogP contribution in [0, 0.1) is 0 Å². The first-order valence-electron chi connectivity index (χ1n) is 9.01. The van der Waals surface area contributed by atoms with Gasteiger partial charge in [0.15, 0.2) is 11.5 Å². The molecule has 3 aromatic rings. The van der Waals surface area contributed by atoms with E-state index < -0.39 is 0 Å². The number of hydrogen-bond acceptors (Lipinski definition) is 4. The van der Waals surface area contributed by atoms with Crippen LogP contribution in [0.3, 0.4) is 0 Å². The van der Waals surface area contributed by atoms with E-state index in [9.17, 15) is 5.11 Å². The van der Waals surface area contributed by atoms with Crippen molar-refractivity contribution in [2.75, 3.05) is 11.9 Å². The SMILES string of the molecule is CCOc1cc(CNc2ccc(O)cc2)cc(Br)c1OCc1ccc(Cl)cc1Cl. The van der Waals surface area contributed by atoms with Crippen LogP contribution in [-0.2, 0) is 13.2 Å². The fourth-order valence-corrected chi connectivity index (χ4v) is 3.77. The smallest absolute Gasteiger partial charge is 0.175 e. The molecule has 0 aliphatic heterocycles. The normalized spacial score (nSPS) is 10.6. The summed E-state index contributed by atoms with van der Waals surface area (Å²) in [5, 5.41) is 13.8. The van der Waals surface area contributed by atoms with Crippen LogP contribution in [0.25, 0.3) is 0 Å². The van der Waals surface area contributed by atoms with E-state index in [1.54, 1.807) is 24.3 Å².